The molecule has 0 aliphatic carbocycles. The van der Waals surface area contributed by atoms with Gasteiger partial charge in [0.1, 0.15) is 0 Å². The molecule has 2 unspecified atom stereocenters. The Morgan fingerprint density at radius 1 is 1.21 bits per heavy atom. The maximum absolute atomic E-state index is 14.1. The molecule has 0 heterocycles. The van der Waals surface area contributed by atoms with Crippen LogP contribution >= 0.6 is 0 Å². The van der Waals surface area contributed by atoms with E-state index in [0.29, 0.717) is 17.7 Å². The average molecular weight is 271 g/mol. The summed E-state index contributed by atoms with van der Waals surface area (Å²) in [6.07, 6.45) is 1.57. The van der Waals surface area contributed by atoms with Gasteiger partial charge in [0, 0.05) is 12.2 Å². The Hall–Kier alpha value is -1.00. The van der Waals surface area contributed by atoms with E-state index >= 15 is 0 Å². The molecule has 0 radical (unpaired) electrons. The average Bonchev–Trinajstić information content (AvgIpc) is 2.40. The molecular formula is C15H23F2NO. The van der Waals surface area contributed by atoms with Gasteiger partial charge in [-0.2, -0.15) is 0 Å². The Bertz CT molecular complexity index is 403. The van der Waals surface area contributed by atoms with Crippen LogP contribution in [-0.4, -0.2) is 19.8 Å². The summed E-state index contributed by atoms with van der Waals surface area (Å²) in [5.74, 6) is -1.55. The van der Waals surface area contributed by atoms with Crippen LogP contribution in [0.1, 0.15) is 43.9 Å². The third-order valence-electron chi connectivity index (χ3n) is 3.28. The minimum Gasteiger partial charge on any atom is -0.377 e. The molecule has 19 heavy (non-hydrogen) atoms. The van der Waals surface area contributed by atoms with Crippen molar-refractivity contribution in [2.75, 3.05) is 13.7 Å². The molecule has 0 aliphatic rings. The highest BCUT2D eigenvalue weighted by Gasteiger charge is 2.26. The minimum absolute atomic E-state index is 0.156. The van der Waals surface area contributed by atoms with Crippen LogP contribution in [0, 0.1) is 18.6 Å². The van der Waals surface area contributed by atoms with Gasteiger partial charge in [0.25, 0.3) is 0 Å². The summed E-state index contributed by atoms with van der Waals surface area (Å²) in [5, 5.41) is 3.04. The van der Waals surface area contributed by atoms with E-state index in [9.17, 15) is 8.78 Å². The first-order chi connectivity index (χ1) is 9.06. The number of halogens is 2. The van der Waals surface area contributed by atoms with Crippen molar-refractivity contribution in [1.82, 2.24) is 5.32 Å². The van der Waals surface area contributed by atoms with E-state index in [1.54, 1.807) is 26.1 Å². The molecule has 108 valence electrons. The van der Waals surface area contributed by atoms with Crippen LogP contribution in [0.2, 0.25) is 0 Å². The number of likely N-dealkylation sites (N-methyl/N-ethyl adjacent to an activating group) is 1. The van der Waals surface area contributed by atoms with Gasteiger partial charge in [-0.3, -0.25) is 0 Å². The van der Waals surface area contributed by atoms with Crippen LogP contribution < -0.4 is 5.32 Å². The van der Waals surface area contributed by atoms with Gasteiger partial charge in [0.15, 0.2) is 11.6 Å². The lowest BCUT2D eigenvalue weighted by atomic mass is 9.96. The van der Waals surface area contributed by atoms with Crippen molar-refractivity contribution in [1.29, 1.82) is 0 Å². The Kier molecular flexibility index (Phi) is 6.38. The molecular weight excluding hydrogens is 248 g/mol. The third-order valence-corrected chi connectivity index (χ3v) is 3.28. The van der Waals surface area contributed by atoms with Gasteiger partial charge in [-0.25, -0.2) is 8.78 Å². The summed E-state index contributed by atoms with van der Waals surface area (Å²) in [5.41, 5.74) is 0.650. The summed E-state index contributed by atoms with van der Waals surface area (Å²) in [6.45, 7) is 6.06. The first-order valence-corrected chi connectivity index (χ1v) is 6.80. The SMILES string of the molecule is CCCC(OCC)C(NC)c1ccc(C)c(F)c1F. The fourth-order valence-corrected chi connectivity index (χ4v) is 2.29. The lowest BCUT2D eigenvalue weighted by Crippen LogP contribution is -2.32. The van der Waals surface area contributed by atoms with E-state index in [1.807, 2.05) is 13.8 Å². The van der Waals surface area contributed by atoms with Crippen molar-refractivity contribution >= 4 is 0 Å². The quantitative estimate of drug-likeness (QED) is 0.815. The fourth-order valence-electron chi connectivity index (χ4n) is 2.29. The number of rotatable bonds is 7. The largest absolute Gasteiger partial charge is 0.377 e. The topological polar surface area (TPSA) is 21.3 Å². The lowest BCUT2D eigenvalue weighted by Gasteiger charge is -2.27. The number of benzene rings is 1. The second-order valence-electron chi connectivity index (χ2n) is 4.65. The zero-order valence-electron chi connectivity index (χ0n) is 12.1. The summed E-state index contributed by atoms with van der Waals surface area (Å²) < 4.78 is 33.4. The first-order valence-electron chi connectivity index (χ1n) is 6.80. The molecule has 0 saturated carbocycles. The van der Waals surface area contributed by atoms with Crippen LogP contribution in [0.5, 0.6) is 0 Å². The van der Waals surface area contributed by atoms with Crippen LogP contribution in [0.3, 0.4) is 0 Å². The lowest BCUT2D eigenvalue weighted by molar-refractivity contribution is 0.0285. The van der Waals surface area contributed by atoms with E-state index in [-0.39, 0.29) is 12.1 Å². The van der Waals surface area contributed by atoms with Gasteiger partial charge >= 0.3 is 0 Å². The highest BCUT2D eigenvalue weighted by atomic mass is 19.2. The van der Waals surface area contributed by atoms with Crippen molar-refractivity contribution in [3.63, 3.8) is 0 Å². The predicted molar refractivity (Wildman–Crippen MR) is 73.2 cm³/mol. The first kappa shape index (κ1) is 16.1. The standard InChI is InChI=1S/C15H23F2NO/c1-5-7-12(19-6-2)15(18-4)11-9-8-10(3)13(16)14(11)17/h8-9,12,15,18H,5-7H2,1-4H3. The maximum Gasteiger partial charge on any atom is 0.163 e. The van der Waals surface area contributed by atoms with Gasteiger partial charge in [0.05, 0.1) is 12.1 Å². The van der Waals surface area contributed by atoms with Crippen molar-refractivity contribution in [3.8, 4) is 0 Å². The minimum atomic E-state index is -0.778. The smallest absolute Gasteiger partial charge is 0.163 e. The normalized spacial score (nSPS) is 14.4. The third kappa shape index (κ3) is 3.74. The van der Waals surface area contributed by atoms with Gasteiger partial charge in [0.2, 0.25) is 0 Å². The van der Waals surface area contributed by atoms with Crippen molar-refractivity contribution in [2.45, 2.75) is 45.8 Å². The number of nitrogens with one attached hydrogen (secondary N) is 1. The Balaban J connectivity index is 3.10. The van der Waals surface area contributed by atoms with Gasteiger partial charge in [-0.1, -0.05) is 25.5 Å². The van der Waals surface area contributed by atoms with Crippen molar-refractivity contribution in [2.24, 2.45) is 0 Å². The summed E-state index contributed by atoms with van der Waals surface area (Å²) in [7, 11) is 1.74. The highest BCUT2D eigenvalue weighted by molar-refractivity contribution is 5.28. The molecule has 1 N–H and O–H groups in total. The monoisotopic (exact) mass is 271 g/mol. The summed E-state index contributed by atoms with van der Waals surface area (Å²) in [4.78, 5) is 0. The molecule has 1 rings (SSSR count). The zero-order valence-corrected chi connectivity index (χ0v) is 12.1. The zero-order chi connectivity index (χ0) is 14.4. The second-order valence-corrected chi connectivity index (χ2v) is 4.65. The number of ether oxygens (including phenoxy) is 1. The van der Waals surface area contributed by atoms with Gasteiger partial charge in [-0.15, -0.1) is 0 Å². The van der Waals surface area contributed by atoms with Gasteiger partial charge in [-0.05, 0) is 32.9 Å². The Morgan fingerprint density at radius 2 is 1.89 bits per heavy atom. The molecule has 2 atom stereocenters. The molecule has 0 aliphatic heterocycles. The molecule has 0 fully saturated rings. The van der Waals surface area contributed by atoms with E-state index in [0.717, 1.165) is 12.8 Å². The Labute approximate surface area is 114 Å². The molecule has 0 aromatic heterocycles. The van der Waals surface area contributed by atoms with E-state index in [2.05, 4.69) is 5.32 Å². The highest BCUT2D eigenvalue weighted by Crippen LogP contribution is 2.27. The van der Waals surface area contributed by atoms with Crippen molar-refractivity contribution in [3.05, 3.63) is 34.9 Å². The predicted octanol–water partition coefficient (Wildman–Crippen LogP) is 3.74. The summed E-state index contributed by atoms with van der Waals surface area (Å²) in [6, 6.07) is 2.90. The van der Waals surface area contributed by atoms with E-state index in [1.165, 1.54) is 0 Å². The van der Waals surface area contributed by atoms with Crippen molar-refractivity contribution < 1.29 is 13.5 Å². The van der Waals surface area contributed by atoms with Crippen LogP contribution in [0.15, 0.2) is 12.1 Å². The van der Waals surface area contributed by atoms with Crippen LogP contribution in [0.25, 0.3) is 0 Å². The number of hydrogen-bond donors (Lipinski definition) is 1. The summed E-state index contributed by atoms with van der Waals surface area (Å²) >= 11 is 0. The Morgan fingerprint density at radius 3 is 2.42 bits per heavy atom. The molecule has 0 amide bonds. The van der Waals surface area contributed by atoms with E-state index in [4.69, 9.17) is 4.74 Å². The second kappa shape index (κ2) is 7.56. The fraction of sp³-hybridized carbons (Fsp3) is 0.600. The van der Waals surface area contributed by atoms with Crippen LogP contribution in [-0.2, 0) is 4.74 Å². The van der Waals surface area contributed by atoms with Crippen LogP contribution in [0.4, 0.5) is 8.78 Å². The molecule has 0 saturated heterocycles. The molecule has 2 nitrogen and oxygen atoms in total. The molecule has 0 spiro atoms. The molecule has 1 aromatic carbocycles. The number of aryl methyl sites for hydroxylation is 1. The number of hydrogen-bond acceptors (Lipinski definition) is 2. The molecule has 1 aromatic rings. The van der Waals surface area contributed by atoms with Gasteiger partial charge < -0.3 is 10.1 Å². The molecule has 0 bridgehead atoms. The van der Waals surface area contributed by atoms with E-state index < -0.39 is 11.6 Å². The maximum atomic E-state index is 14.1. The molecule has 4 heteroatoms.